The van der Waals surface area contributed by atoms with Gasteiger partial charge in [-0.3, -0.25) is 4.79 Å². The number of aliphatic carboxylic acids is 1. The molecule has 0 fully saturated rings. The molecule has 7 heteroatoms. The third kappa shape index (κ3) is 5.98. The Kier molecular flexibility index (Phi) is 6.99. The minimum absolute atomic E-state index is 0.00790. The van der Waals surface area contributed by atoms with Gasteiger partial charge in [0.25, 0.3) is 0 Å². The van der Waals surface area contributed by atoms with Crippen LogP contribution in [0.4, 0.5) is 0 Å². The smallest absolute Gasteiger partial charge is 0.303 e. The van der Waals surface area contributed by atoms with Gasteiger partial charge in [-0.15, -0.1) is 0 Å². The Morgan fingerprint density at radius 3 is 2.61 bits per heavy atom. The summed E-state index contributed by atoms with van der Waals surface area (Å²) in [7, 11) is 0. The van der Waals surface area contributed by atoms with Gasteiger partial charge in [-0.1, -0.05) is 30.3 Å². The first-order chi connectivity index (χ1) is 16.1. The average molecular weight is 444 g/mol. The highest BCUT2D eigenvalue weighted by Gasteiger charge is 2.13. The number of hydrogen-bond acceptors (Lipinski definition) is 6. The lowest BCUT2D eigenvalue weighted by Gasteiger charge is -2.13. The van der Waals surface area contributed by atoms with Gasteiger partial charge in [-0.2, -0.15) is 0 Å². The number of rotatable bonds is 10. The number of hydrogen-bond donors (Lipinski definition) is 1. The van der Waals surface area contributed by atoms with Crippen LogP contribution in [0.15, 0.2) is 77.3 Å². The molecule has 0 saturated carbocycles. The number of carbonyl (C=O) groups is 1. The Hall–Kier alpha value is -4.13. The SMILES string of the molecule is Cc1oc(-c2ccccc2)nc1CCOc1ccc(CCC(=O)O)c(Oc2ccccn2)c1. The summed E-state index contributed by atoms with van der Waals surface area (Å²) in [4.78, 5) is 19.8. The molecule has 4 rings (SSSR count). The van der Waals surface area contributed by atoms with E-state index in [4.69, 9.17) is 19.0 Å². The molecule has 0 atom stereocenters. The Bertz CT molecular complexity index is 1210. The van der Waals surface area contributed by atoms with Gasteiger partial charge >= 0.3 is 5.97 Å². The topological polar surface area (TPSA) is 94.7 Å². The summed E-state index contributed by atoms with van der Waals surface area (Å²) in [5.41, 5.74) is 2.55. The maximum Gasteiger partial charge on any atom is 0.303 e. The van der Waals surface area contributed by atoms with Crippen molar-refractivity contribution in [3.05, 3.63) is 89.9 Å². The van der Waals surface area contributed by atoms with E-state index in [-0.39, 0.29) is 6.42 Å². The van der Waals surface area contributed by atoms with E-state index in [1.54, 1.807) is 24.4 Å². The van der Waals surface area contributed by atoms with E-state index >= 15 is 0 Å². The van der Waals surface area contributed by atoms with Crippen molar-refractivity contribution >= 4 is 5.97 Å². The third-order valence-corrected chi connectivity index (χ3v) is 5.02. The highest BCUT2D eigenvalue weighted by Crippen LogP contribution is 2.30. The standard InChI is InChI=1S/C26H24N2O5/c1-18-22(28-26(32-18)20-7-3-2-4-8-20)14-16-31-21-12-10-19(11-13-25(29)30)23(17-21)33-24-9-5-6-15-27-24/h2-10,12,15,17H,11,13-14,16H2,1H3,(H,29,30). The largest absolute Gasteiger partial charge is 0.493 e. The van der Waals surface area contributed by atoms with Crippen molar-refractivity contribution < 1.29 is 23.8 Å². The molecule has 7 nitrogen and oxygen atoms in total. The van der Waals surface area contributed by atoms with Gasteiger partial charge in [0.2, 0.25) is 11.8 Å². The molecule has 2 heterocycles. The van der Waals surface area contributed by atoms with Crippen molar-refractivity contribution in [3.8, 4) is 28.8 Å². The second kappa shape index (κ2) is 10.5. The zero-order chi connectivity index (χ0) is 23.0. The van der Waals surface area contributed by atoms with Crippen LogP contribution in [0.3, 0.4) is 0 Å². The Balaban J connectivity index is 1.44. The zero-order valence-electron chi connectivity index (χ0n) is 18.2. The van der Waals surface area contributed by atoms with E-state index in [9.17, 15) is 4.79 Å². The first-order valence-corrected chi connectivity index (χ1v) is 10.7. The molecule has 0 bridgehead atoms. The van der Waals surface area contributed by atoms with Gasteiger partial charge in [0.05, 0.1) is 12.3 Å². The molecule has 0 saturated heterocycles. The average Bonchev–Trinajstić information content (AvgIpc) is 3.20. The molecule has 0 aliphatic carbocycles. The normalized spacial score (nSPS) is 10.7. The quantitative estimate of drug-likeness (QED) is 0.346. The number of carboxylic acid groups (broad SMARTS) is 1. The van der Waals surface area contributed by atoms with Crippen molar-refractivity contribution in [3.63, 3.8) is 0 Å². The van der Waals surface area contributed by atoms with Crippen LogP contribution in [0.5, 0.6) is 17.4 Å². The molecule has 1 N–H and O–H groups in total. The number of ether oxygens (including phenoxy) is 2. The molecule has 2 aromatic heterocycles. The van der Waals surface area contributed by atoms with Crippen LogP contribution in [-0.4, -0.2) is 27.7 Å². The van der Waals surface area contributed by atoms with E-state index in [1.165, 1.54) is 0 Å². The summed E-state index contributed by atoms with van der Waals surface area (Å²) in [6, 6.07) is 20.5. The van der Waals surface area contributed by atoms with E-state index in [1.807, 2.05) is 55.5 Å². The third-order valence-electron chi connectivity index (χ3n) is 5.02. The molecule has 0 aliphatic heterocycles. The van der Waals surface area contributed by atoms with Crippen LogP contribution in [-0.2, 0) is 17.6 Å². The molecule has 2 aromatic carbocycles. The molecule has 4 aromatic rings. The summed E-state index contributed by atoms with van der Waals surface area (Å²) in [5, 5.41) is 9.04. The lowest BCUT2D eigenvalue weighted by Crippen LogP contribution is -2.04. The van der Waals surface area contributed by atoms with Crippen molar-refractivity contribution in [1.82, 2.24) is 9.97 Å². The monoisotopic (exact) mass is 444 g/mol. The van der Waals surface area contributed by atoms with Crippen LogP contribution in [0.1, 0.15) is 23.4 Å². The van der Waals surface area contributed by atoms with Crippen molar-refractivity contribution in [2.24, 2.45) is 0 Å². The molecular weight excluding hydrogens is 420 g/mol. The van der Waals surface area contributed by atoms with Crippen molar-refractivity contribution in [2.75, 3.05) is 6.61 Å². The number of nitrogens with zero attached hydrogens (tertiary/aromatic N) is 2. The van der Waals surface area contributed by atoms with E-state index in [2.05, 4.69) is 9.97 Å². The van der Waals surface area contributed by atoms with Gasteiger partial charge in [-0.25, -0.2) is 9.97 Å². The number of benzene rings is 2. The molecule has 0 spiro atoms. The second-order valence-corrected chi connectivity index (χ2v) is 7.42. The highest BCUT2D eigenvalue weighted by atomic mass is 16.5. The Labute approximate surface area is 191 Å². The lowest BCUT2D eigenvalue weighted by molar-refractivity contribution is -0.136. The fourth-order valence-electron chi connectivity index (χ4n) is 3.32. The minimum Gasteiger partial charge on any atom is -0.493 e. The number of oxazole rings is 1. The predicted molar refractivity (Wildman–Crippen MR) is 123 cm³/mol. The molecular formula is C26H24N2O5. The summed E-state index contributed by atoms with van der Waals surface area (Å²) < 4.78 is 17.7. The van der Waals surface area contributed by atoms with E-state index in [0.29, 0.717) is 42.7 Å². The number of pyridine rings is 1. The fraction of sp³-hybridized carbons (Fsp3) is 0.192. The first kappa shape index (κ1) is 22.1. The molecule has 33 heavy (non-hydrogen) atoms. The van der Waals surface area contributed by atoms with Gasteiger partial charge in [0.1, 0.15) is 17.3 Å². The Morgan fingerprint density at radius 2 is 1.85 bits per heavy atom. The maximum absolute atomic E-state index is 11.0. The highest BCUT2D eigenvalue weighted by molar-refractivity contribution is 5.67. The molecule has 168 valence electrons. The first-order valence-electron chi connectivity index (χ1n) is 10.7. The van der Waals surface area contributed by atoms with Gasteiger partial charge < -0.3 is 19.0 Å². The summed E-state index contributed by atoms with van der Waals surface area (Å²) >= 11 is 0. The van der Waals surface area contributed by atoms with Crippen LogP contribution in [0.25, 0.3) is 11.5 Å². The number of aryl methyl sites for hydroxylation is 2. The molecule has 0 aliphatic rings. The molecule has 0 radical (unpaired) electrons. The Morgan fingerprint density at radius 1 is 1.03 bits per heavy atom. The summed E-state index contributed by atoms with van der Waals surface area (Å²) in [6.07, 6.45) is 2.57. The summed E-state index contributed by atoms with van der Waals surface area (Å²) in [6.45, 7) is 2.30. The molecule has 0 amide bonds. The second-order valence-electron chi connectivity index (χ2n) is 7.42. The van der Waals surface area contributed by atoms with Crippen LogP contribution in [0.2, 0.25) is 0 Å². The predicted octanol–water partition coefficient (Wildman–Crippen LogP) is 5.48. The number of aromatic nitrogens is 2. The van der Waals surface area contributed by atoms with Gasteiger partial charge in [-0.05, 0) is 43.2 Å². The van der Waals surface area contributed by atoms with Crippen LogP contribution in [0, 0.1) is 6.92 Å². The van der Waals surface area contributed by atoms with E-state index in [0.717, 1.165) is 22.6 Å². The van der Waals surface area contributed by atoms with Crippen LogP contribution >= 0.6 is 0 Å². The summed E-state index contributed by atoms with van der Waals surface area (Å²) in [5.74, 6) is 2.06. The van der Waals surface area contributed by atoms with Crippen molar-refractivity contribution in [1.29, 1.82) is 0 Å². The maximum atomic E-state index is 11.0. The molecule has 0 unspecified atom stereocenters. The fourth-order valence-corrected chi connectivity index (χ4v) is 3.32. The lowest BCUT2D eigenvalue weighted by atomic mass is 10.1. The minimum atomic E-state index is -0.864. The zero-order valence-corrected chi connectivity index (χ0v) is 18.2. The number of carboxylic acids is 1. The van der Waals surface area contributed by atoms with Crippen molar-refractivity contribution in [2.45, 2.75) is 26.2 Å². The van der Waals surface area contributed by atoms with E-state index < -0.39 is 5.97 Å². The van der Waals surface area contributed by atoms with Crippen LogP contribution < -0.4 is 9.47 Å². The van der Waals surface area contributed by atoms with Gasteiger partial charge in [0, 0.05) is 36.7 Å². The van der Waals surface area contributed by atoms with Gasteiger partial charge in [0.15, 0.2) is 0 Å².